The summed E-state index contributed by atoms with van der Waals surface area (Å²) in [6.07, 6.45) is 0. The second-order valence-electron chi connectivity index (χ2n) is 4.99. The summed E-state index contributed by atoms with van der Waals surface area (Å²) in [5.74, 6) is -0.319. The summed E-state index contributed by atoms with van der Waals surface area (Å²) in [5.41, 5.74) is 3.72. The molecule has 1 aliphatic rings. The molecule has 3 nitrogen and oxygen atoms in total. The Morgan fingerprint density at radius 2 is 1.80 bits per heavy atom. The van der Waals surface area contributed by atoms with Gasteiger partial charge in [0.25, 0.3) is 0 Å². The SMILES string of the molecule is CN1CCN(c2ccc(F)cc2CO)c2ccccc21. The lowest BCUT2D eigenvalue weighted by atomic mass is 10.1. The molecule has 0 aromatic heterocycles. The van der Waals surface area contributed by atoms with E-state index >= 15 is 0 Å². The molecule has 1 aliphatic heterocycles. The summed E-state index contributed by atoms with van der Waals surface area (Å²) in [7, 11) is 2.06. The Labute approximate surface area is 117 Å². The summed E-state index contributed by atoms with van der Waals surface area (Å²) in [5, 5.41) is 9.47. The lowest BCUT2D eigenvalue weighted by Gasteiger charge is -2.37. The van der Waals surface area contributed by atoms with Gasteiger partial charge in [0.1, 0.15) is 5.82 Å². The highest BCUT2D eigenvalue weighted by Gasteiger charge is 2.22. The van der Waals surface area contributed by atoms with Gasteiger partial charge in [0, 0.05) is 31.4 Å². The fraction of sp³-hybridized carbons (Fsp3) is 0.250. The number of halogens is 1. The van der Waals surface area contributed by atoms with Crippen LogP contribution in [-0.2, 0) is 6.61 Å². The Morgan fingerprint density at radius 3 is 2.55 bits per heavy atom. The van der Waals surface area contributed by atoms with Crippen molar-refractivity contribution in [3.63, 3.8) is 0 Å². The number of hydrogen-bond donors (Lipinski definition) is 1. The number of aliphatic hydroxyl groups is 1. The van der Waals surface area contributed by atoms with E-state index in [1.54, 1.807) is 6.07 Å². The summed E-state index contributed by atoms with van der Waals surface area (Å²) in [6, 6.07) is 12.7. The zero-order valence-corrected chi connectivity index (χ0v) is 11.4. The Morgan fingerprint density at radius 1 is 1.05 bits per heavy atom. The van der Waals surface area contributed by atoms with Gasteiger partial charge in [0.2, 0.25) is 0 Å². The highest BCUT2D eigenvalue weighted by atomic mass is 19.1. The second kappa shape index (κ2) is 5.13. The number of para-hydroxylation sites is 2. The number of nitrogens with zero attached hydrogens (tertiary/aromatic N) is 2. The number of rotatable bonds is 2. The van der Waals surface area contributed by atoms with Gasteiger partial charge in [0.05, 0.1) is 18.0 Å². The predicted molar refractivity (Wildman–Crippen MR) is 79.0 cm³/mol. The minimum Gasteiger partial charge on any atom is -0.392 e. The van der Waals surface area contributed by atoms with Crippen LogP contribution in [0, 0.1) is 5.82 Å². The fourth-order valence-electron chi connectivity index (χ4n) is 2.70. The molecule has 0 atom stereocenters. The summed E-state index contributed by atoms with van der Waals surface area (Å²) >= 11 is 0. The monoisotopic (exact) mass is 272 g/mol. The molecule has 0 aliphatic carbocycles. The van der Waals surface area contributed by atoms with Gasteiger partial charge in [-0.3, -0.25) is 0 Å². The van der Waals surface area contributed by atoms with E-state index in [4.69, 9.17) is 0 Å². The molecule has 1 N–H and O–H groups in total. The molecule has 2 aromatic carbocycles. The first-order valence-electron chi connectivity index (χ1n) is 6.67. The Bertz CT molecular complexity index is 630. The molecule has 3 rings (SSSR count). The third-order valence-electron chi connectivity index (χ3n) is 3.75. The minimum absolute atomic E-state index is 0.165. The number of hydrogen-bond acceptors (Lipinski definition) is 3. The highest BCUT2D eigenvalue weighted by molar-refractivity contribution is 5.80. The van der Waals surface area contributed by atoms with E-state index in [0.29, 0.717) is 5.56 Å². The number of anilines is 3. The first kappa shape index (κ1) is 12.9. The smallest absolute Gasteiger partial charge is 0.123 e. The van der Waals surface area contributed by atoms with Crippen molar-refractivity contribution in [2.45, 2.75) is 6.61 Å². The van der Waals surface area contributed by atoms with E-state index in [2.05, 4.69) is 29.0 Å². The maximum atomic E-state index is 13.3. The van der Waals surface area contributed by atoms with Crippen molar-refractivity contribution in [2.24, 2.45) is 0 Å². The van der Waals surface area contributed by atoms with E-state index < -0.39 is 0 Å². The standard InChI is InChI=1S/C16H17FN2O/c1-18-8-9-19(16-5-3-2-4-15(16)18)14-7-6-13(17)10-12(14)11-20/h2-7,10,20H,8-9,11H2,1H3. The van der Waals surface area contributed by atoms with Crippen LogP contribution in [-0.4, -0.2) is 25.2 Å². The van der Waals surface area contributed by atoms with Gasteiger partial charge < -0.3 is 14.9 Å². The third-order valence-corrected chi connectivity index (χ3v) is 3.75. The van der Waals surface area contributed by atoms with Gasteiger partial charge in [-0.25, -0.2) is 4.39 Å². The first-order valence-corrected chi connectivity index (χ1v) is 6.67. The van der Waals surface area contributed by atoms with Crippen LogP contribution in [0.4, 0.5) is 21.5 Å². The van der Waals surface area contributed by atoms with E-state index in [0.717, 1.165) is 30.2 Å². The van der Waals surface area contributed by atoms with E-state index in [1.165, 1.54) is 12.1 Å². The molecule has 0 fully saturated rings. The normalized spacial score (nSPS) is 14.3. The molecule has 4 heteroatoms. The lowest BCUT2D eigenvalue weighted by Crippen LogP contribution is -2.36. The van der Waals surface area contributed by atoms with Crippen molar-refractivity contribution in [1.82, 2.24) is 0 Å². The van der Waals surface area contributed by atoms with Crippen LogP contribution in [0.5, 0.6) is 0 Å². The Balaban J connectivity index is 2.10. The molecule has 0 spiro atoms. The van der Waals surface area contributed by atoms with Gasteiger partial charge >= 0.3 is 0 Å². The molecule has 0 radical (unpaired) electrons. The Kier molecular flexibility index (Phi) is 3.32. The van der Waals surface area contributed by atoms with Gasteiger partial charge in [-0.1, -0.05) is 12.1 Å². The molecule has 1 heterocycles. The van der Waals surface area contributed by atoms with Crippen LogP contribution in [0.2, 0.25) is 0 Å². The van der Waals surface area contributed by atoms with Crippen LogP contribution in [0.15, 0.2) is 42.5 Å². The molecular formula is C16H17FN2O. The molecular weight excluding hydrogens is 255 g/mol. The zero-order valence-electron chi connectivity index (χ0n) is 11.4. The number of aliphatic hydroxyl groups excluding tert-OH is 1. The molecule has 0 saturated carbocycles. The van der Waals surface area contributed by atoms with Crippen LogP contribution < -0.4 is 9.80 Å². The van der Waals surface area contributed by atoms with E-state index in [1.807, 2.05) is 12.1 Å². The lowest BCUT2D eigenvalue weighted by molar-refractivity contribution is 0.281. The van der Waals surface area contributed by atoms with Crippen LogP contribution in [0.25, 0.3) is 0 Å². The summed E-state index contributed by atoms with van der Waals surface area (Å²) < 4.78 is 13.3. The molecule has 2 aromatic rings. The van der Waals surface area contributed by atoms with Crippen molar-refractivity contribution in [3.8, 4) is 0 Å². The third kappa shape index (κ3) is 2.12. The van der Waals surface area contributed by atoms with E-state index in [9.17, 15) is 9.50 Å². The van der Waals surface area contributed by atoms with Gasteiger partial charge in [-0.05, 0) is 30.3 Å². The van der Waals surface area contributed by atoms with Crippen molar-refractivity contribution in [2.75, 3.05) is 29.9 Å². The highest BCUT2D eigenvalue weighted by Crippen LogP contribution is 2.38. The molecule has 0 saturated heterocycles. The zero-order chi connectivity index (χ0) is 14.1. The first-order chi connectivity index (χ1) is 9.70. The molecule has 20 heavy (non-hydrogen) atoms. The van der Waals surface area contributed by atoms with Gasteiger partial charge in [-0.2, -0.15) is 0 Å². The fourth-order valence-corrected chi connectivity index (χ4v) is 2.70. The molecule has 0 amide bonds. The topological polar surface area (TPSA) is 26.7 Å². The number of fused-ring (bicyclic) bond motifs is 1. The second-order valence-corrected chi connectivity index (χ2v) is 4.99. The maximum absolute atomic E-state index is 13.3. The van der Waals surface area contributed by atoms with Crippen molar-refractivity contribution >= 4 is 17.1 Å². The average molecular weight is 272 g/mol. The summed E-state index contributed by atoms with van der Waals surface area (Å²) in [4.78, 5) is 4.34. The van der Waals surface area contributed by atoms with Crippen molar-refractivity contribution < 1.29 is 9.50 Å². The van der Waals surface area contributed by atoms with Crippen molar-refractivity contribution in [1.29, 1.82) is 0 Å². The quantitative estimate of drug-likeness (QED) is 0.910. The van der Waals surface area contributed by atoms with Crippen LogP contribution in [0.3, 0.4) is 0 Å². The molecule has 0 unspecified atom stereocenters. The van der Waals surface area contributed by atoms with Crippen LogP contribution >= 0.6 is 0 Å². The number of likely N-dealkylation sites (N-methyl/N-ethyl adjacent to an activating group) is 1. The molecule has 104 valence electrons. The Hall–Kier alpha value is -2.07. The summed E-state index contributed by atoms with van der Waals surface area (Å²) in [6.45, 7) is 1.53. The van der Waals surface area contributed by atoms with E-state index in [-0.39, 0.29) is 12.4 Å². The molecule has 0 bridgehead atoms. The largest absolute Gasteiger partial charge is 0.392 e. The van der Waals surface area contributed by atoms with Gasteiger partial charge in [-0.15, -0.1) is 0 Å². The van der Waals surface area contributed by atoms with Crippen molar-refractivity contribution in [3.05, 3.63) is 53.8 Å². The maximum Gasteiger partial charge on any atom is 0.123 e. The van der Waals surface area contributed by atoms with Gasteiger partial charge in [0.15, 0.2) is 0 Å². The minimum atomic E-state index is -0.319. The average Bonchev–Trinajstić information content (AvgIpc) is 2.48. The number of benzene rings is 2. The predicted octanol–water partition coefficient (Wildman–Crippen LogP) is 2.91. The van der Waals surface area contributed by atoms with Crippen LogP contribution in [0.1, 0.15) is 5.56 Å².